The van der Waals surface area contributed by atoms with Crippen LogP contribution < -0.4 is 16.8 Å². The third kappa shape index (κ3) is 4.40. The molecule has 17 heavy (non-hydrogen) atoms. The van der Waals surface area contributed by atoms with Gasteiger partial charge in [-0.15, -0.1) is 0 Å². The minimum absolute atomic E-state index is 0.116. The number of nitrogens with two attached hydrogens (primary N) is 2. The molecule has 0 atom stereocenters. The first kappa shape index (κ1) is 13.4. The summed E-state index contributed by atoms with van der Waals surface area (Å²) in [5, 5.41) is 3.26. The molecule has 94 valence electrons. The minimum atomic E-state index is -0.519. The van der Waals surface area contributed by atoms with E-state index in [1.807, 2.05) is 6.07 Å². The van der Waals surface area contributed by atoms with Crippen molar-refractivity contribution in [1.82, 2.24) is 4.98 Å². The summed E-state index contributed by atoms with van der Waals surface area (Å²) in [6.45, 7) is 5.73. The summed E-state index contributed by atoms with van der Waals surface area (Å²) in [7, 11) is 0. The summed E-state index contributed by atoms with van der Waals surface area (Å²) >= 11 is 0. The molecule has 0 aliphatic rings. The van der Waals surface area contributed by atoms with Crippen LogP contribution in [0.5, 0.6) is 0 Å². The molecule has 1 heterocycles. The highest BCUT2D eigenvalue weighted by atomic mass is 16.1. The van der Waals surface area contributed by atoms with Crippen molar-refractivity contribution in [3.8, 4) is 0 Å². The number of primary amides is 1. The largest absolute Gasteiger partial charge is 0.384 e. The van der Waals surface area contributed by atoms with Crippen molar-refractivity contribution in [3.05, 3.63) is 24.0 Å². The van der Waals surface area contributed by atoms with Crippen molar-refractivity contribution in [2.75, 3.05) is 18.4 Å². The molecule has 0 spiro atoms. The molecule has 0 radical (unpaired) electrons. The van der Waals surface area contributed by atoms with Crippen LogP contribution in [0.2, 0.25) is 0 Å². The summed E-state index contributed by atoms with van der Waals surface area (Å²) in [6.07, 6.45) is 2.51. The van der Waals surface area contributed by atoms with Crippen LogP contribution in [0, 0.1) is 5.41 Å². The van der Waals surface area contributed by atoms with Crippen molar-refractivity contribution in [2.24, 2.45) is 16.9 Å². The molecule has 5 nitrogen and oxygen atoms in total. The van der Waals surface area contributed by atoms with E-state index in [9.17, 15) is 4.79 Å². The maximum atomic E-state index is 11.0. The summed E-state index contributed by atoms with van der Waals surface area (Å²) in [6, 6.07) is 3.46. The smallest absolute Gasteiger partial charge is 0.267 e. The Morgan fingerprint density at radius 1 is 1.53 bits per heavy atom. The van der Waals surface area contributed by atoms with Gasteiger partial charge in [0.1, 0.15) is 5.69 Å². The maximum absolute atomic E-state index is 11.0. The number of pyridine rings is 1. The third-order valence-electron chi connectivity index (χ3n) is 2.60. The molecule has 1 aromatic rings. The van der Waals surface area contributed by atoms with E-state index in [1.54, 1.807) is 12.3 Å². The van der Waals surface area contributed by atoms with E-state index in [1.165, 1.54) is 0 Å². The van der Waals surface area contributed by atoms with Gasteiger partial charge in [0, 0.05) is 18.4 Å². The number of hydrogen-bond acceptors (Lipinski definition) is 4. The molecule has 5 N–H and O–H groups in total. The number of carbonyl (C=O) groups is 1. The molecule has 0 saturated heterocycles. The van der Waals surface area contributed by atoms with Gasteiger partial charge in [-0.1, -0.05) is 13.8 Å². The fourth-order valence-corrected chi connectivity index (χ4v) is 1.50. The number of nitrogens with one attached hydrogen (secondary N) is 1. The molecule has 0 aromatic carbocycles. The second kappa shape index (κ2) is 5.63. The van der Waals surface area contributed by atoms with Gasteiger partial charge in [-0.2, -0.15) is 0 Å². The van der Waals surface area contributed by atoms with Gasteiger partial charge in [0.15, 0.2) is 0 Å². The zero-order valence-corrected chi connectivity index (χ0v) is 10.4. The predicted molar refractivity (Wildman–Crippen MR) is 68.7 cm³/mol. The number of nitrogens with zero attached hydrogens (tertiary/aromatic N) is 1. The van der Waals surface area contributed by atoms with Gasteiger partial charge in [0.25, 0.3) is 5.91 Å². The lowest BCUT2D eigenvalue weighted by atomic mass is 9.89. The molecule has 0 unspecified atom stereocenters. The summed E-state index contributed by atoms with van der Waals surface area (Å²) in [5.74, 6) is -0.519. The molecule has 1 rings (SSSR count). The van der Waals surface area contributed by atoms with Crippen LogP contribution in [0.15, 0.2) is 18.3 Å². The lowest BCUT2D eigenvalue weighted by molar-refractivity contribution is 0.0995. The second-order valence-electron chi connectivity index (χ2n) is 4.85. The first-order chi connectivity index (χ1) is 7.94. The lowest BCUT2D eigenvalue weighted by Crippen LogP contribution is -2.26. The molecule has 0 aliphatic carbocycles. The quantitative estimate of drug-likeness (QED) is 0.686. The zero-order valence-electron chi connectivity index (χ0n) is 10.4. The predicted octanol–water partition coefficient (Wildman–Crippen LogP) is 0.967. The lowest BCUT2D eigenvalue weighted by Gasteiger charge is -2.24. The Labute approximate surface area is 102 Å². The fraction of sp³-hybridized carbons (Fsp3) is 0.500. The van der Waals surface area contributed by atoms with Gasteiger partial charge >= 0.3 is 0 Å². The van der Waals surface area contributed by atoms with Crippen LogP contribution in [0.1, 0.15) is 30.8 Å². The average Bonchev–Trinajstić information content (AvgIpc) is 2.27. The molecule has 1 aromatic heterocycles. The van der Waals surface area contributed by atoms with E-state index >= 15 is 0 Å². The highest BCUT2D eigenvalue weighted by Gasteiger charge is 2.16. The van der Waals surface area contributed by atoms with Gasteiger partial charge < -0.3 is 16.8 Å². The molecule has 1 amide bonds. The van der Waals surface area contributed by atoms with Crippen LogP contribution >= 0.6 is 0 Å². The molecule has 0 aliphatic heterocycles. The van der Waals surface area contributed by atoms with Crippen molar-refractivity contribution >= 4 is 11.6 Å². The van der Waals surface area contributed by atoms with Gasteiger partial charge in [0.2, 0.25) is 0 Å². The Morgan fingerprint density at radius 3 is 2.82 bits per heavy atom. The van der Waals surface area contributed by atoms with Gasteiger partial charge in [-0.25, -0.2) is 0 Å². The average molecular weight is 236 g/mol. The molecular weight excluding hydrogens is 216 g/mol. The maximum Gasteiger partial charge on any atom is 0.267 e. The standard InChI is InChI=1S/C12H20N4O/c1-12(2,4-5-13)8-16-9-3-6-15-10(7-9)11(14)17/h3,6-7H,4-5,8,13H2,1-2H3,(H2,14,17)(H,15,16). The summed E-state index contributed by atoms with van der Waals surface area (Å²) in [4.78, 5) is 14.9. The van der Waals surface area contributed by atoms with Crippen LogP contribution in [0.4, 0.5) is 5.69 Å². The van der Waals surface area contributed by atoms with E-state index < -0.39 is 5.91 Å². The van der Waals surface area contributed by atoms with Crippen LogP contribution in [0.3, 0.4) is 0 Å². The Balaban J connectivity index is 2.63. The summed E-state index contributed by atoms with van der Waals surface area (Å²) in [5.41, 5.74) is 11.9. The molecule has 0 fully saturated rings. The van der Waals surface area contributed by atoms with Crippen molar-refractivity contribution < 1.29 is 4.79 Å². The normalized spacial score (nSPS) is 11.2. The number of amides is 1. The molecule has 5 heteroatoms. The van der Waals surface area contributed by atoms with Crippen LogP contribution in [-0.2, 0) is 0 Å². The SMILES string of the molecule is CC(C)(CCN)CNc1ccnc(C(N)=O)c1. The van der Waals surface area contributed by atoms with Gasteiger partial charge in [-0.05, 0) is 30.5 Å². The Morgan fingerprint density at radius 2 is 2.24 bits per heavy atom. The summed E-state index contributed by atoms with van der Waals surface area (Å²) < 4.78 is 0. The first-order valence-electron chi connectivity index (χ1n) is 5.64. The Bertz CT molecular complexity index is 390. The number of hydrogen-bond donors (Lipinski definition) is 3. The van der Waals surface area contributed by atoms with E-state index in [0.717, 1.165) is 18.7 Å². The van der Waals surface area contributed by atoms with Gasteiger partial charge in [0.05, 0.1) is 0 Å². The molecule has 0 bridgehead atoms. The fourth-order valence-electron chi connectivity index (χ4n) is 1.50. The number of carbonyl (C=O) groups excluding carboxylic acids is 1. The Hall–Kier alpha value is -1.62. The van der Waals surface area contributed by atoms with E-state index in [4.69, 9.17) is 11.5 Å². The van der Waals surface area contributed by atoms with Gasteiger partial charge in [-0.3, -0.25) is 9.78 Å². The van der Waals surface area contributed by atoms with Crippen LogP contribution in [-0.4, -0.2) is 24.0 Å². The highest BCUT2D eigenvalue weighted by Crippen LogP contribution is 2.20. The highest BCUT2D eigenvalue weighted by molar-refractivity contribution is 5.91. The zero-order chi connectivity index (χ0) is 12.9. The number of anilines is 1. The van der Waals surface area contributed by atoms with Crippen molar-refractivity contribution in [1.29, 1.82) is 0 Å². The topological polar surface area (TPSA) is 94.0 Å². The Kier molecular flexibility index (Phi) is 4.45. The number of aromatic nitrogens is 1. The van der Waals surface area contributed by atoms with Crippen molar-refractivity contribution in [2.45, 2.75) is 20.3 Å². The molecular formula is C12H20N4O. The number of rotatable bonds is 6. The minimum Gasteiger partial charge on any atom is -0.384 e. The first-order valence-corrected chi connectivity index (χ1v) is 5.64. The van der Waals surface area contributed by atoms with E-state index in [-0.39, 0.29) is 11.1 Å². The van der Waals surface area contributed by atoms with Crippen LogP contribution in [0.25, 0.3) is 0 Å². The monoisotopic (exact) mass is 236 g/mol. The van der Waals surface area contributed by atoms with E-state index in [0.29, 0.717) is 6.54 Å². The van der Waals surface area contributed by atoms with Crippen molar-refractivity contribution in [3.63, 3.8) is 0 Å². The second-order valence-corrected chi connectivity index (χ2v) is 4.85. The van der Waals surface area contributed by atoms with E-state index in [2.05, 4.69) is 24.1 Å². The third-order valence-corrected chi connectivity index (χ3v) is 2.60. The molecule has 0 saturated carbocycles.